The first kappa shape index (κ1) is 13.8. The Kier molecular flexibility index (Phi) is 6.12. The molecule has 2 N–H and O–H groups in total. The Balaban J connectivity index is 2.54. The first-order valence-electron chi connectivity index (χ1n) is 4.69. The number of carbonyl (C=O) groups excluding carboxylic acids is 1. The largest absolute Gasteiger partial charge is 0.396 e. The lowest BCUT2D eigenvalue weighted by Gasteiger charge is -2.15. The summed E-state index contributed by atoms with van der Waals surface area (Å²) in [5.74, 6) is 0.537. The third-order valence-corrected chi connectivity index (χ3v) is 3.75. The third-order valence-electron chi connectivity index (χ3n) is 1.85. The van der Waals surface area contributed by atoms with Crippen LogP contribution in [0.4, 0.5) is 0 Å². The molecule has 90 valence electrons. The highest BCUT2D eigenvalue weighted by molar-refractivity contribution is 7.98. The maximum Gasteiger partial charge on any atom is 0.280 e. The van der Waals surface area contributed by atoms with Crippen molar-refractivity contribution in [2.24, 2.45) is 0 Å². The van der Waals surface area contributed by atoms with Crippen molar-refractivity contribution in [1.82, 2.24) is 10.3 Å². The molecule has 0 saturated heterocycles. The number of nitrogens with one attached hydrogen (secondary N) is 1. The Hall–Kier alpha value is -0.300. The van der Waals surface area contributed by atoms with Gasteiger partial charge in [0.1, 0.15) is 5.15 Å². The Morgan fingerprint density at radius 2 is 2.56 bits per heavy atom. The number of aliphatic hydroxyl groups excluding tert-OH is 1. The molecule has 1 atom stereocenters. The molecule has 0 radical (unpaired) electrons. The average Bonchev–Trinajstić information content (AvgIpc) is 2.65. The van der Waals surface area contributed by atoms with E-state index in [1.54, 1.807) is 17.1 Å². The summed E-state index contributed by atoms with van der Waals surface area (Å²) in [6.07, 6.45) is 2.50. The molecule has 0 aliphatic carbocycles. The minimum Gasteiger partial charge on any atom is -0.396 e. The van der Waals surface area contributed by atoms with E-state index >= 15 is 0 Å². The normalized spacial score (nSPS) is 12.4. The van der Waals surface area contributed by atoms with Crippen LogP contribution in [0.3, 0.4) is 0 Å². The van der Waals surface area contributed by atoms with Gasteiger partial charge < -0.3 is 10.4 Å². The van der Waals surface area contributed by atoms with Gasteiger partial charge >= 0.3 is 0 Å². The number of thiazole rings is 1. The zero-order chi connectivity index (χ0) is 12.0. The van der Waals surface area contributed by atoms with Crippen molar-refractivity contribution >= 4 is 40.6 Å². The number of rotatable bonds is 6. The molecule has 7 heteroatoms. The zero-order valence-electron chi connectivity index (χ0n) is 8.77. The van der Waals surface area contributed by atoms with Gasteiger partial charge in [-0.05, 0) is 12.7 Å². The summed E-state index contributed by atoms with van der Waals surface area (Å²) in [4.78, 5) is 15.6. The molecule has 0 bridgehead atoms. The first-order valence-corrected chi connectivity index (χ1v) is 7.34. The molecule has 1 aromatic heterocycles. The fourth-order valence-corrected chi connectivity index (χ4v) is 2.66. The van der Waals surface area contributed by atoms with Gasteiger partial charge in [0.25, 0.3) is 5.91 Å². The lowest BCUT2D eigenvalue weighted by Crippen LogP contribution is -2.37. The van der Waals surface area contributed by atoms with Crippen LogP contribution in [-0.4, -0.2) is 40.7 Å². The number of amides is 1. The van der Waals surface area contributed by atoms with E-state index in [4.69, 9.17) is 16.7 Å². The molecule has 0 aliphatic heterocycles. The van der Waals surface area contributed by atoms with Crippen molar-refractivity contribution in [2.75, 3.05) is 18.6 Å². The van der Waals surface area contributed by atoms with E-state index in [9.17, 15) is 4.79 Å². The van der Waals surface area contributed by atoms with Crippen LogP contribution in [0, 0.1) is 0 Å². The van der Waals surface area contributed by atoms with Crippen molar-refractivity contribution in [3.05, 3.63) is 15.5 Å². The molecular weight excluding hydrogens is 268 g/mol. The summed E-state index contributed by atoms with van der Waals surface area (Å²) in [6.45, 7) is 0.0597. The highest BCUT2D eigenvalue weighted by atomic mass is 35.5. The third kappa shape index (κ3) is 4.29. The Labute approximate surface area is 107 Å². The second kappa shape index (κ2) is 7.11. The van der Waals surface area contributed by atoms with Crippen LogP contribution in [-0.2, 0) is 0 Å². The summed E-state index contributed by atoms with van der Waals surface area (Å²) >= 11 is 8.47. The number of aromatic nitrogens is 1. The quantitative estimate of drug-likeness (QED) is 0.832. The molecule has 4 nitrogen and oxygen atoms in total. The summed E-state index contributed by atoms with van der Waals surface area (Å²) in [5.41, 5.74) is 0. The van der Waals surface area contributed by atoms with E-state index in [-0.39, 0.29) is 18.6 Å². The fourth-order valence-electron chi connectivity index (χ4n) is 1.16. The molecule has 1 rings (SSSR count). The molecule has 0 fully saturated rings. The van der Waals surface area contributed by atoms with Crippen LogP contribution < -0.4 is 5.32 Å². The van der Waals surface area contributed by atoms with Gasteiger partial charge in [-0.15, -0.1) is 11.3 Å². The predicted octanol–water partition coefficient (Wildman–Crippen LogP) is 1.64. The van der Waals surface area contributed by atoms with Crippen LogP contribution in [0.5, 0.6) is 0 Å². The van der Waals surface area contributed by atoms with Crippen molar-refractivity contribution in [2.45, 2.75) is 12.5 Å². The number of thioether (sulfide) groups is 1. The summed E-state index contributed by atoms with van der Waals surface area (Å²) in [7, 11) is 0. The van der Waals surface area contributed by atoms with Gasteiger partial charge in [-0.25, -0.2) is 4.98 Å². The minimum atomic E-state index is -0.232. The van der Waals surface area contributed by atoms with Crippen LogP contribution >= 0.6 is 34.7 Å². The number of hydrogen-bond donors (Lipinski definition) is 2. The molecule has 1 aromatic rings. The highest BCUT2D eigenvalue weighted by Gasteiger charge is 2.15. The maximum atomic E-state index is 11.7. The van der Waals surface area contributed by atoms with Crippen LogP contribution in [0.1, 0.15) is 16.2 Å². The topological polar surface area (TPSA) is 62.2 Å². The van der Waals surface area contributed by atoms with Crippen molar-refractivity contribution in [3.8, 4) is 0 Å². The molecule has 0 aromatic carbocycles. The summed E-state index contributed by atoms with van der Waals surface area (Å²) < 4.78 is 0. The molecular formula is C9H13ClN2O2S2. The zero-order valence-corrected chi connectivity index (χ0v) is 11.2. The van der Waals surface area contributed by atoms with E-state index in [1.807, 2.05) is 6.26 Å². The second-order valence-corrected chi connectivity index (χ2v) is 5.27. The standard InChI is InChI=1S/C9H13ClN2O2S2/c1-15-4-6(2-3-13)11-8(14)9-12-7(10)5-16-9/h5-6,13H,2-4H2,1H3,(H,11,14)/t6-/m0/s1. The van der Waals surface area contributed by atoms with Crippen molar-refractivity contribution < 1.29 is 9.90 Å². The molecule has 16 heavy (non-hydrogen) atoms. The van der Waals surface area contributed by atoms with Crippen LogP contribution in [0.25, 0.3) is 0 Å². The number of carbonyl (C=O) groups is 1. The van der Waals surface area contributed by atoms with E-state index in [0.29, 0.717) is 16.6 Å². The monoisotopic (exact) mass is 280 g/mol. The van der Waals surface area contributed by atoms with Gasteiger partial charge in [-0.1, -0.05) is 11.6 Å². The molecule has 0 saturated carbocycles. The smallest absolute Gasteiger partial charge is 0.280 e. The van der Waals surface area contributed by atoms with E-state index < -0.39 is 0 Å². The van der Waals surface area contributed by atoms with E-state index in [1.165, 1.54) is 11.3 Å². The predicted molar refractivity (Wildman–Crippen MR) is 68.5 cm³/mol. The van der Waals surface area contributed by atoms with Gasteiger partial charge in [0, 0.05) is 23.8 Å². The van der Waals surface area contributed by atoms with Gasteiger partial charge in [0.05, 0.1) is 0 Å². The number of halogens is 1. The lowest BCUT2D eigenvalue weighted by molar-refractivity contribution is 0.0935. The van der Waals surface area contributed by atoms with Gasteiger partial charge in [-0.3, -0.25) is 4.79 Å². The molecule has 0 unspecified atom stereocenters. The second-order valence-electron chi connectivity index (χ2n) is 3.11. The molecule has 0 spiro atoms. The van der Waals surface area contributed by atoms with Gasteiger partial charge in [0.15, 0.2) is 5.01 Å². The SMILES string of the molecule is CSC[C@H](CCO)NC(=O)c1nc(Cl)cs1. The van der Waals surface area contributed by atoms with Crippen LogP contribution in [0.15, 0.2) is 5.38 Å². The maximum absolute atomic E-state index is 11.7. The molecule has 0 aliphatic rings. The van der Waals surface area contributed by atoms with E-state index in [2.05, 4.69) is 10.3 Å². The Morgan fingerprint density at radius 3 is 3.06 bits per heavy atom. The number of aliphatic hydroxyl groups is 1. The van der Waals surface area contributed by atoms with Crippen molar-refractivity contribution in [3.63, 3.8) is 0 Å². The minimum absolute atomic E-state index is 0.0322. The first-order chi connectivity index (χ1) is 7.67. The molecule has 1 amide bonds. The fraction of sp³-hybridized carbons (Fsp3) is 0.556. The van der Waals surface area contributed by atoms with Crippen molar-refractivity contribution in [1.29, 1.82) is 0 Å². The average molecular weight is 281 g/mol. The molecule has 1 heterocycles. The lowest BCUT2D eigenvalue weighted by atomic mass is 10.2. The van der Waals surface area contributed by atoms with Gasteiger partial charge in [0.2, 0.25) is 0 Å². The van der Waals surface area contributed by atoms with Crippen LogP contribution in [0.2, 0.25) is 5.15 Å². The number of hydrogen-bond acceptors (Lipinski definition) is 5. The highest BCUT2D eigenvalue weighted by Crippen LogP contribution is 2.14. The summed E-state index contributed by atoms with van der Waals surface area (Å²) in [5, 5.41) is 14.0. The van der Waals surface area contributed by atoms with Gasteiger partial charge in [-0.2, -0.15) is 11.8 Å². The summed E-state index contributed by atoms with van der Waals surface area (Å²) in [6, 6.07) is -0.0322. The number of nitrogens with zero attached hydrogens (tertiary/aromatic N) is 1. The Morgan fingerprint density at radius 1 is 1.81 bits per heavy atom. The van der Waals surface area contributed by atoms with E-state index in [0.717, 1.165) is 5.75 Å². The Bertz CT molecular complexity index is 340.